The van der Waals surface area contributed by atoms with Crippen molar-refractivity contribution in [3.63, 3.8) is 0 Å². The third kappa shape index (κ3) is 5.44. The third-order valence-corrected chi connectivity index (χ3v) is 6.77. The minimum absolute atomic E-state index is 0.104. The van der Waals surface area contributed by atoms with Gasteiger partial charge >= 0.3 is 12.1 Å². The molecule has 1 aliphatic carbocycles. The van der Waals surface area contributed by atoms with Gasteiger partial charge in [-0.2, -0.15) is 13.2 Å². The van der Waals surface area contributed by atoms with E-state index in [1.807, 2.05) is 6.92 Å². The lowest BCUT2D eigenvalue weighted by Crippen LogP contribution is -2.44. The number of benzene rings is 1. The normalized spacial score (nSPS) is 14.6. The number of rotatable bonds is 7. The zero-order valence-electron chi connectivity index (χ0n) is 20.5. The topological polar surface area (TPSA) is 68.6 Å². The number of esters is 1. The molecular formula is C26H31F3N2O4. The number of carbonyl (C=O) groups excluding carboxylic acids is 3. The highest BCUT2D eigenvalue weighted by Gasteiger charge is 2.34. The van der Waals surface area contributed by atoms with Crippen LogP contribution in [0.5, 0.6) is 0 Å². The zero-order chi connectivity index (χ0) is 25.9. The third-order valence-electron chi connectivity index (χ3n) is 6.77. The molecule has 0 spiro atoms. The largest absolute Gasteiger partial charge is 0.464 e. The van der Waals surface area contributed by atoms with Crippen molar-refractivity contribution in [2.75, 3.05) is 13.7 Å². The number of carbonyl (C=O) groups is 3. The Morgan fingerprint density at radius 1 is 1.11 bits per heavy atom. The quantitative estimate of drug-likeness (QED) is 0.373. The maximum Gasteiger partial charge on any atom is 0.416 e. The van der Waals surface area contributed by atoms with Crippen molar-refractivity contribution in [3.8, 4) is 0 Å². The monoisotopic (exact) mass is 492 g/mol. The van der Waals surface area contributed by atoms with Crippen molar-refractivity contribution in [1.29, 1.82) is 0 Å². The Kier molecular flexibility index (Phi) is 8.07. The molecule has 1 fully saturated rings. The molecule has 2 aromatic rings. The van der Waals surface area contributed by atoms with Crippen molar-refractivity contribution in [3.05, 3.63) is 57.9 Å². The zero-order valence-corrected chi connectivity index (χ0v) is 20.5. The van der Waals surface area contributed by atoms with Crippen LogP contribution in [0.3, 0.4) is 0 Å². The summed E-state index contributed by atoms with van der Waals surface area (Å²) >= 11 is 0. The van der Waals surface area contributed by atoms with Gasteiger partial charge in [0.15, 0.2) is 5.78 Å². The highest BCUT2D eigenvalue weighted by molar-refractivity contribution is 6.06. The van der Waals surface area contributed by atoms with E-state index in [-0.39, 0.29) is 29.6 Å². The number of ether oxygens (including phenoxy) is 1. The van der Waals surface area contributed by atoms with E-state index in [4.69, 9.17) is 4.74 Å². The van der Waals surface area contributed by atoms with Crippen molar-refractivity contribution in [2.45, 2.75) is 71.6 Å². The molecule has 0 saturated heterocycles. The lowest BCUT2D eigenvalue weighted by molar-refractivity contribution is -0.137. The van der Waals surface area contributed by atoms with E-state index in [9.17, 15) is 27.6 Å². The van der Waals surface area contributed by atoms with Gasteiger partial charge in [-0.3, -0.25) is 9.59 Å². The summed E-state index contributed by atoms with van der Waals surface area (Å²) in [4.78, 5) is 40.8. The van der Waals surface area contributed by atoms with Crippen LogP contribution >= 0.6 is 0 Å². The molecule has 190 valence electrons. The number of halogens is 3. The van der Waals surface area contributed by atoms with Gasteiger partial charge in [0.05, 0.1) is 19.2 Å². The van der Waals surface area contributed by atoms with E-state index in [2.05, 4.69) is 0 Å². The number of hydrogen-bond acceptors (Lipinski definition) is 4. The Morgan fingerprint density at radius 3 is 2.34 bits per heavy atom. The molecule has 1 saturated carbocycles. The van der Waals surface area contributed by atoms with E-state index >= 15 is 0 Å². The summed E-state index contributed by atoms with van der Waals surface area (Å²) in [7, 11) is 1.27. The smallest absolute Gasteiger partial charge is 0.416 e. The van der Waals surface area contributed by atoms with Crippen LogP contribution in [0.4, 0.5) is 13.2 Å². The SMILES string of the molecule is CCn1c(C)c(C(=O)CN(C(=O)c2cccc(C(F)(F)F)c2)C2CCCCC2)c(C)c1C(=O)OC. The molecule has 35 heavy (non-hydrogen) atoms. The highest BCUT2D eigenvalue weighted by Crippen LogP contribution is 2.31. The Bertz CT molecular complexity index is 1110. The second-order valence-corrected chi connectivity index (χ2v) is 8.90. The van der Waals surface area contributed by atoms with Gasteiger partial charge < -0.3 is 14.2 Å². The lowest BCUT2D eigenvalue weighted by atomic mass is 9.93. The molecule has 3 rings (SSSR count). The first-order valence-electron chi connectivity index (χ1n) is 11.8. The van der Waals surface area contributed by atoms with Gasteiger partial charge in [0, 0.05) is 29.4 Å². The van der Waals surface area contributed by atoms with Crippen LogP contribution in [0.2, 0.25) is 0 Å². The molecule has 0 aliphatic heterocycles. The van der Waals surface area contributed by atoms with Crippen LogP contribution in [-0.2, 0) is 17.5 Å². The van der Waals surface area contributed by atoms with Gasteiger partial charge in [0.2, 0.25) is 0 Å². The van der Waals surface area contributed by atoms with Gasteiger partial charge in [0.1, 0.15) is 5.69 Å². The van der Waals surface area contributed by atoms with E-state index in [0.717, 1.165) is 31.4 Å². The first kappa shape index (κ1) is 26.5. The van der Waals surface area contributed by atoms with Crippen molar-refractivity contribution in [1.82, 2.24) is 9.47 Å². The number of aromatic nitrogens is 1. The molecule has 0 unspecified atom stereocenters. The summed E-state index contributed by atoms with van der Waals surface area (Å²) in [6.45, 7) is 5.41. The summed E-state index contributed by atoms with van der Waals surface area (Å²) in [5.74, 6) is -1.52. The maximum absolute atomic E-state index is 13.6. The van der Waals surface area contributed by atoms with E-state index in [1.54, 1.807) is 18.4 Å². The van der Waals surface area contributed by atoms with Crippen molar-refractivity contribution < 1.29 is 32.3 Å². The Hall–Kier alpha value is -3.10. The number of hydrogen-bond donors (Lipinski definition) is 0. The average molecular weight is 493 g/mol. The number of methoxy groups -OCH3 is 1. The molecule has 0 radical (unpaired) electrons. The Labute approximate surface area is 203 Å². The second kappa shape index (κ2) is 10.7. The first-order chi connectivity index (χ1) is 16.5. The van der Waals surface area contributed by atoms with Crippen LogP contribution in [0.15, 0.2) is 24.3 Å². The molecule has 1 aliphatic rings. The molecule has 6 nitrogen and oxygen atoms in total. The fourth-order valence-corrected chi connectivity index (χ4v) is 5.05. The van der Waals surface area contributed by atoms with Crippen molar-refractivity contribution in [2.24, 2.45) is 0 Å². The summed E-state index contributed by atoms with van der Waals surface area (Å²) < 4.78 is 46.4. The fraction of sp³-hybridized carbons (Fsp3) is 0.500. The van der Waals surface area contributed by atoms with Gasteiger partial charge in [-0.15, -0.1) is 0 Å². The number of amides is 1. The van der Waals surface area contributed by atoms with Gasteiger partial charge in [-0.1, -0.05) is 25.3 Å². The minimum atomic E-state index is -4.58. The molecule has 1 aromatic carbocycles. The summed E-state index contributed by atoms with van der Waals surface area (Å²) in [6.07, 6.45) is -0.456. The van der Waals surface area contributed by atoms with E-state index in [1.165, 1.54) is 24.1 Å². The number of ketones is 1. The van der Waals surface area contributed by atoms with E-state index in [0.29, 0.717) is 36.2 Å². The molecule has 1 heterocycles. The van der Waals surface area contributed by atoms with Crippen LogP contribution in [-0.4, -0.2) is 46.8 Å². The van der Waals surface area contributed by atoms with Crippen LogP contribution in [0, 0.1) is 13.8 Å². The standard InChI is InChI=1S/C26H31F3N2O4/c1-5-30-17(3)22(16(2)23(30)25(34)35-4)21(32)15-31(20-12-7-6-8-13-20)24(33)18-10-9-11-19(14-18)26(27,28)29/h9-11,14,20H,5-8,12-13,15H2,1-4H3. The molecule has 9 heteroatoms. The van der Waals surface area contributed by atoms with Gasteiger partial charge in [0.25, 0.3) is 5.91 Å². The molecule has 1 aromatic heterocycles. The van der Waals surface area contributed by atoms with Crippen LogP contribution in [0.1, 0.15) is 87.1 Å². The summed E-state index contributed by atoms with van der Waals surface area (Å²) in [5.41, 5.74) is 0.664. The number of alkyl halides is 3. The van der Waals surface area contributed by atoms with E-state index < -0.39 is 23.6 Å². The molecule has 0 atom stereocenters. The molecular weight excluding hydrogens is 461 g/mol. The first-order valence-corrected chi connectivity index (χ1v) is 11.8. The average Bonchev–Trinajstić information content (AvgIpc) is 3.10. The Morgan fingerprint density at radius 2 is 1.77 bits per heavy atom. The lowest BCUT2D eigenvalue weighted by Gasteiger charge is -2.34. The second-order valence-electron chi connectivity index (χ2n) is 8.90. The molecule has 0 bridgehead atoms. The van der Waals surface area contributed by atoms with Gasteiger partial charge in [-0.25, -0.2) is 4.79 Å². The number of Topliss-reactive ketones (excluding diaryl/α,β-unsaturated/α-hetero) is 1. The molecule has 0 N–H and O–H groups in total. The number of nitrogens with zero attached hydrogens (tertiary/aromatic N) is 2. The fourth-order valence-electron chi connectivity index (χ4n) is 5.05. The Balaban J connectivity index is 2.00. The summed E-state index contributed by atoms with van der Waals surface area (Å²) in [6, 6.07) is 4.05. The van der Waals surface area contributed by atoms with Gasteiger partial charge in [-0.05, 0) is 57.4 Å². The van der Waals surface area contributed by atoms with Crippen molar-refractivity contribution >= 4 is 17.7 Å². The highest BCUT2D eigenvalue weighted by atomic mass is 19.4. The molecule has 1 amide bonds. The predicted octanol–water partition coefficient (Wildman–Crippen LogP) is 5.59. The van der Waals surface area contributed by atoms with Crippen LogP contribution in [0.25, 0.3) is 0 Å². The minimum Gasteiger partial charge on any atom is -0.464 e. The van der Waals surface area contributed by atoms with Crippen LogP contribution < -0.4 is 0 Å². The summed E-state index contributed by atoms with van der Waals surface area (Å²) in [5, 5.41) is 0. The predicted molar refractivity (Wildman–Crippen MR) is 125 cm³/mol. The maximum atomic E-state index is 13.6.